The van der Waals surface area contributed by atoms with Crippen molar-refractivity contribution >= 4 is 22.8 Å². The van der Waals surface area contributed by atoms with Crippen molar-refractivity contribution < 1.29 is 4.79 Å². The number of thiophene rings is 1. The molecule has 0 spiro atoms. The molecule has 0 atom stereocenters. The zero-order chi connectivity index (χ0) is 15.8. The molecule has 0 aromatic carbocycles. The second-order valence-corrected chi connectivity index (χ2v) is 6.81. The zero-order valence-electron chi connectivity index (χ0n) is 13.4. The van der Waals surface area contributed by atoms with Gasteiger partial charge < -0.3 is 10.2 Å². The molecule has 1 amide bonds. The van der Waals surface area contributed by atoms with E-state index in [0.29, 0.717) is 6.42 Å². The summed E-state index contributed by atoms with van der Waals surface area (Å²) in [6, 6.07) is 4.11. The third-order valence-electron chi connectivity index (χ3n) is 4.01. The SMILES string of the molecule is C=C/C(=C\C)c1ccc(CC(=O)NCCN2CCCCC2)s1. The molecule has 0 aliphatic carbocycles. The van der Waals surface area contributed by atoms with Gasteiger partial charge in [-0.2, -0.15) is 0 Å². The van der Waals surface area contributed by atoms with Crippen LogP contribution >= 0.6 is 11.3 Å². The van der Waals surface area contributed by atoms with E-state index in [1.54, 1.807) is 11.3 Å². The molecular formula is C18H26N2OS. The van der Waals surface area contributed by atoms with Crippen LogP contribution in [0.25, 0.3) is 5.57 Å². The molecule has 0 unspecified atom stereocenters. The number of hydrogen-bond donors (Lipinski definition) is 1. The van der Waals surface area contributed by atoms with Gasteiger partial charge in [-0.3, -0.25) is 4.79 Å². The Morgan fingerprint density at radius 3 is 2.82 bits per heavy atom. The molecule has 0 radical (unpaired) electrons. The normalized spacial score (nSPS) is 16.5. The maximum absolute atomic E-state index is 12.0. The number of likely N-dealkylation sites (tertiary alicyclic amines) is 1. The Kier molecular flexibility index (Phi) is 6.87. The molecule has 3 nitrogen and oxygen atoms in total. The standard InChI is InChI=1S/C18H26N2OS/c1-3-15(4-2)17-9-8-16(22-17)14-18(21)19-10-13-20-11-6-5-7-12-20/h3-4,8-9H,1,5-7,10-14H2,2H3,(H,19,21)/b15-4+. The summed E-state index contributed by atoms with van der Waals surface area (Å²) < 4.78 is 0. The highest BCUT2D eigenvalue weighted by Gasteiger charge is 2.11. The van der Waals surface area contributed by atoms with Crippen LogP contribution in [0.3, 0.4) is 0 Å². The Balaban J connectivity index is 1.73. The van der Waals surface area contributed by atoms with Crippen molar-refractivity contribution in [2.24, 2.45) is 0 Å². The minimum atomic E-state index is 0.117. The van der Waals surface area contributed by atoms with Crippen LogP contribution in [-0.2, 0) is 11.2 Å². The minimum Gasteiger partial charge on any atom is -0.355 e. The Morgan fingerprint density at radius 2 is 2.14 bits per heavy atom. The Morgan fingerprint density at radius 1 is 1.36 bits per heavy atom. The molecule has 1 aromatic rings. The van der Waals surface area contributed by atoms with Crippen molar-refractivity contribution in [3.8, 4) is 0 Å². The van der Waals surface area contributed by atoms with Gasteiger partial charge in [-0.25, -0.2) is 0 Å². The number of allylic oxidation sites excluding steroid dienone is 3. The predicted octanol–water partition coefficient (Wildman–Crippen LogP) is 3.48. The number of nitrogens with one attached hydrogen (secondary N) is 1. The van der Waals surface area contributed by atoms with E-state index in [-0.39, 0.29) is 5.91 Å². The molecule has 1 aliphatic rings. The van der Waals surface area contributed by atoms with Crippen LogP contribution in [0, 0.1) is 0 Å². The van der Waals surface area contributed by atoms with Crippen LogP contribution in [0.15, 0.2) is 30.9 Å². The van der Waals surface area contributed by atoms with Crippen LogP contribution in [0.4, 0.5) is 0 Å². The van der Waals surface area contributed by atoms with Gasteiger partial charge in [0, 0.05) is 22.8 Å². The largest absolute Gasteiger partial charge is 0.355 e. The summed E-state index contributed by atoms with van der Waals surface area (Å²) in [5.74, 6) is 0.117. The fourth-order valence-electron chi connectivity index (χ4n) is 2.75. The number of nitrogens with zero attached hydrogens (tertiary/aromatic N) is 1. The van der Waals surface area contributed by atoms with E-state index in [2.05, 4.69) is 22.9 Å². The summed E-state index contributed by atoms with van der Waals surface area (Å²) in [6.07, 6.45) is 8.31. The van der Waals surface area contributed by atoms with E-state index in [0.717, 1.165) is 23.5 Å². The number of carbonyl (C=O) groups excluding carboxylic acids is 1. The van der Waals surface area contributed by atoms with Gasteiger partial charge >= 0.3 is 0 Å². The van der Waals surface area contributed by atoms with E-state index in [9.17, 15) is 4.79 Å². The van der Waals surface area contributed by atoms with Gasteiger partial charge in [0.25, 0.3) is 0 Å². The smallest absolute Gasteiger partial charge is 0.225 e. The van der Waals surface area contributed by atoms with Crippen molar-refractivity contribution in [1.82, 2.24) is 10.2 Å². The molecule has 2 heterocycles. The third kappa shape index (κ3) is 5.11. The lowest BCUT2D eigenvalue weighted by Gasteiger charge is -2.26. The van der Waals surface area contributed by atoms with Crippen LogP contribution in [-0.4, -0.2) is 37.0 Å². The first-order chi connectivity index (χ1) is 10.7. The fraction of sp³-hybridized carbons (Fsp3) is 0.500. The third-order valence-corrected chi connectivity index (χ3v) is 5.15. The number of hydrogen-bond acceptors (Lipinski definition) is 3. The lowest BCUT2D eigenvalue weighted by atomic mass is 10.1. The van der Waals surface area contributed by atoms with Gasteiger partial charge in [0.2, 0.25) is 5.91 Å². The van der Waals surface area contributed by atoms with E-state index >= 15 is 0 Å². The second-order valence-electron chi connectivity index (χ2n) is 5.64. The van der Waals surface area contributed by atoms with Crippen molar-refractivity contribution in [3.63, 3.8) is 0 Å². The summed E-state index contributed by atoms with van der Waals surface area (Å²) in [6.45, 7) is 9.90. The highest BCUT2D eigenvalue weighted by molar-refractivity contribution is 7.13. The molecule has 4 heteroatoms. The molecular weight excluding hydrogens is 292 g/mol. The summed E-state index contributed by atoms with van der Waals surface area (Å²) in [4.78, 5) is 16.7. The van der Waals surface area contributed by atoms with Gasteiger partial charge in [-0.05, 0) is 50.6 Å². The number of amides is 1. The predicted molar refractivity (Wildman–Crippen MR) is 95.2 cm³/mol. The lowest BCUT2D eigenvalue weighted by molar-refractivity contribution is -0.120. The lowest BCUT2D eigenvalue weighted by Crippen LogP contribution is -2.38. The Bertz CT molecular complexity index is 527. The van der Waals surface area contributed by atoms with E-state index in [1.165, 1.54) is 37.2 Å². The average molecular weight is 318 g/mol. The fourth-order valence-corrected chi connectivity index (χ4v) is 3.82. The first-order valence-corrected chi connectivity index (χ1v) is 8.91. The van der Waals surface area contributed by atoms with Gasteiger partial charge in [0.05, 0.1) is 6.42 Å². The number of piperidine rings is 1. The first-order valence-electron chi connectivity index (χ1n) is 8.10. The van der Waals surface area contributed by atoms with Crippen LogP contribution in [0.2, 0.25) is 0 Å². The first kappa shape index (κ1) is 17.0. The van der Waals surface area contributed by atoms with Crippen molar-refractivity contribution in [2.45, 2.75) is 32.6 Å². The van der Waals surface area contributed by atoms with Crippen molar-refractivity contribution in [3.05, 3.63) is 40.6 Å². The number of carbonyl (C=O) groups is 1. The topological polar surface area (TPSA) is 32.3 Å². The van der Waals surface area contributed by atoms with Crippen LogP contribution < -0.4 is 5.32 Å². The maximum Gasteiger partial charge on any atom is 0.225 e. The quantitative estimate of drug-likeness (QED) is 0.781. The molecule has 1 aliphatic heterocycles. The summed E-state index contributed by atoms with van der Waals surface area (Å²) in [5, 5.41) is 3.04. The van der Waals surface area contributed by atoms with Gasteiger partial charge in [-0.1, -0.05) is 25.2 Å². The van der Waals surface area contributed by atoms with Gasteiger partial charge in [0.1, 0.15) is 0 Å². The molecule has 0 saturated carbocycles. The molecule has 2 rings (SSSR count). The minimum absolute atomic E-state index is 0.117. The highest BCUT2D eigenvalue weighted by atomic mass is 32.1. The van der Waals surface area contributed by atoms with Gasteiger partial charge in [-0.15, -0.1) is 11.3 Å². The maximum atomic E-state index is 12.0. The van der Waals surface area contributed by atoms with E-state index < -0.39 is 0 Å². The molecule has 1 saturated heterocycles. The summed E-state index contributed by atoms with van der Waals surface area (Å²) in [5.41, 5.74) is 1.13. The van der Waals surface area contributed by atoms with Gasteiger partial charge in [0.15, 0.2) is 0 Å². The Hall–Kier alpha value is -1.39. The van der Waals surface area contributed by atoms with Crippen LogP contribution in [0.1, 0.15) is 35.9 Å². The van der Waals surface area contributed by atoms with Crippen molar-refractivity contribution in [1.29, 1.82) is 0 Å². The molecule has 0 bridgehead atoms. The molecule has 1 N–H and O–H groups in total. The molecule has 22 heavy (non-hydrogen) atoms. The summed E-state index contributed by atoms with van der Waals surface area (Å²) >= 11 is 1.67. The average Bonchev–Trinajstić information content (AvgIpc) is 2.98. The highest BCUT2D eigenvalue weighted by Crippen LogP contribution is 2.25. The van der Waals surface area contributed by atoms with E-state index in [4.69, 9.17) is 0 Å². The zero-order valence-corrected chi connectivity index (χ0v) is 14.3. The monoisotopic (exact) mass is 318 g/mol. The van der Waals surface area contributed by atoms with E-state index in [1.807, 2.05) is 25.1 Å². The molecule has 120 valence electrons. The second kappa shape index (κ2) is 8.91. The molecule has 1 aromatic heterocycles. The van der Waals surface area contributed by atoms with Crippen molar-refractivity contribution in [2.75, 3.05) is 26.2 Å². The Labute approximate surface area is 137 Å². The molecule has 1 fully saturated rings. The summed E-state index contributed by atoms with van der Waals surface area (Å²) in [7, 11) is 0. The number of rotatable bonds is 7. The van der Waals surface area contributed by atoms with Crippen LogP contribution in [0.5, 0.6) is 0 Å².